The minimum atomic E-state index is -0.202. The smallest absolute Gasteiger partial charge is 0.273 e. The van der Waals surface area contributed by atoms with Crippen LogP contribution in [0.2, 0.25) is 0 Å². The summed E-state index contributed by atoms with van der Waals surface area (Å²) < 4.78 is 1.68. The number of aryl methyl sites for hydroxylation is 1. The summed E-state index contributed by atoms with van der Waals surface area (Å²) >= 11 is 1.61. The first-order chi connectivity index (χ1) is 12.2. The minimum Gasteiger partial charge on any atom is -0.346 e. The first-order valence-corrected chi connectivity index (χ1v) is 9.05. The van der Waals surface area contributed by atoms with Gasteiger partial charge in [0.05, 0.1) is 19.3 Å². The van der Waals surface area contributed by atoms with E-state index in [0.717, 1.165) is 18.0 Å². The van der Waals surface area contributed by atoms with Gasteiger partial charge in [-0.2, -0.15) is 0 Å². The molecule has 0 saturated carbocycles. The third-order valence-corrected chi connectivity index (χ3v) is 4.58. The molecule has 0 atom stereocenters. The van der Waals surface area contributed by atoms with Gasteiger partial charge in [-0.3, -0.25) is 9.48 Å². The molecule has 0 fully saturated rings. The van der Waals surface area contributed by atoms with Gasteiger partial charge >= 0.3 is 0 Å². The molecule has 1 amide bonds. The lowest BCUT2D eigenvalue weighted by atomic mass is 10.1. The van der Waals surface area contributed by atoms with Gasteiger partial charge in [0.25, 0.3) is 5.91 Å². The van der Waals surface area contributed by atoms with E-state index in [2.05, 4.69) is 52.1 Å². The predicted octanol–water partition coefficient (Wildman–Crippen LogP) is 2.37. The number of benzene rings is 1. The van der Waals surface area contributed by atoms with Crippen LogP contribution < -0.4 is 10.6 Å². The Morgan fingerprint density at radius 3 is 2.96 bits per heavy atom. The van der Waals surface area contributed by atoms with Crippen molar-refractivity contribution >= 4 is 17.2 Å². The molecule has 7 heteroatoms. The minimum absolute atomic E-state index is 0.202. The Kier molecular flexibility index (Phi) is 5.92. The molecule has 2 N–H and O–H groups in total. The van der Waals surface area contributed by atoms with Gasteiger partial charge in [-0.15, -0.1) is 16.4 Å². The fourth-order valence-corrected chi connectivity index (χ4v) is 3.08. The van der Waals surface area contributed by atoms with E-state index in [-0.39, 0.29) is 5.91 Å². The van der Waals surface area contributed by atoms with Crippen LogP contribution in [0.4, 0.5) is 0 Å². The molecule has 3 rings (SSSR count). The first kappa shape index (κ1) is 17.3. The molecule has 1 aromatic carbocycles. The van der Waals surface area contributed by atoms with Crippen LogP contribution in [0.1, 0.15) is 26.5 Å². The summed E-state index contributed by atoms with van der Waals surface area (Å²) in [5.74, 6) is -0.202. The second kappa shape index (κ2) is 8.55. The lowest BCUT2D eigenvalue weighted by Crippen LogP contribution is -2.22. The number of aromatic nitrogens is 3. The second-order valence-electron chi connectivity index (χ2n) is 5.79. The van der Waals surface area contributed by atoms with Gasteiger partial charge in [-0.25, -0.2) is 0 Å². The monoisotopic (exact) mass is 355 g/mol. The highest BCUT2D eigenvalue weighted by molar-refractivity contribution is 7.09. The normalized spacial score (nSPS) is 10.8. The number of nitrogens with zero attached hydrogens (tertiary/aromatic N) is 3. The zero-order valence-corrected chi connectivity index (χ0v) is 14.9. The van der Waals surface area contributed by atoms with Crippen LogP contribution in [0.15, 0.2) is 48.0 Å². The van der Waals surface area contributed by atoms with E-state index in [1.807, 2.05) is 17.5 Å². The number of carbonyl (C=O) groups excluding carboxylic acids is 1. The fraction of sp³-hybridized carbons (Fsp3) is 0.278. The summed E-state index contributed by atoms with van der Waals surface area (Å²) in [6, 6.07) is 12.4. The van der Waals surface area contributed by atoms with Crippen molar-refractivity contribution < 1.29 is 4.79 Å². The number of carbonyl (C=O) groups is 1. The number of rotatable bonds is 8. The molecule has 3 aromatic rings. The standard InChI is InChI=1S/C18H21N5OS/c1-14-4-2-5-15(10-14)11-19-7-8-23-13-17(21-22-23)18(24)20-12-16-6-3-9-25-16/h2-6,9-10,13,19H,7-8,11-12H2,1H3,(H,20,24). The number of hydrogen-bond donors (Lipinski definition) is 2. The van der Waals surface area contributed by atoms with Gasteiger partial charge in [-0.05, 0) is 23.9 Å². The van der Waals surface area contributed by atoms with Crippen LogP contribution in [-0.4, -0.2) is 27.4 Å². The van der Waals surface area contributed by atoms with Gasteiger partial charge in [-0.1, -0.05) is 41.1 Å². The van der Waals surface area contributed by atoms with Gasteiger partial charge in [0.1, 0.15) is 0 Å². The number of amides is 1. The van der Waals surface area contributed by atoms with Crippen LogP contribution >= 0.6 is 11.3 Å². The Balaban J connectivity index is 1.41. The zero-order chi connectivity index (χ0) is 17.5. The highest BCUT2D eigenvalue weighted by atomic mass is 32.1. The van der Waals surface area contributed by atoms with Crippen molar-refractivity contribution in [2.75, 3.05) is 6.54 Å². The summed E-state index contributed by atoms with van der Waals surface area (Å²) in [5, 5.41) is 16.2. The molecule has 0 saturated heterocycles. The third-order valence-electron chi connectivity index (χ3n) is 3.70. The number of nitrogens with one attached hydrogen (secondary N) is 2. The molecule has 0 bridgehead atoms. The van der Waals surface area contributed by atoms with E-state index in [4.69, 9.17) is 0 Å². The second-order valence-corrected chi connectivity index (χ2v) is 6.83. The van der Waals surface area contributed by atoms with E-state index in [1.54, 1.807) is 22.2 Å². The summed E-state index contributed by atoms with van der Waals surface area (Å²) in [7, 11) is 0. The fourth-order valence-electron chi connectivity index (χ4n) is 2.43. The van der Waals surface area contributed by atoms with Crippen molar-refractivity contribution in [3.8, 4) is 0 Å². The molecule has 0 aliphatic heterocycles. The van der Waals surface area contributed by atoms with Crippen molar-refractivity contribution in [1.82, 2.24) is 25.6 Å². The van der Waals surface area contributed by atoms with Crippen LogP contribution in [0, 0.1) is 6.92 Å². The van der Waals surface area contributed by atoms with Gasteiger partial charge in [0.2, 0.25) is 0 Å². The summed E-state index contributed by atoms with van der Waals surface area (Å²) in [6.07, 6.45) is 1.68. The van der Waals surface area contributed by atoms with E-state index >= 15 is 0 Å². The van der Waals surface area contributed by atoms with Crippen LogP contribution in [-0.2, 0) is 19.6 Å². The summed E-state index contributed by atoms with van der Waals surface area (Å²) in [6.45, 7) is 4.83. The average Bonchev–Trinajstić information content (AvgIpc) is 3.28. The topological polar surface area (TPSA) is 71.8 Å². The first-order valence-electron chi connectivity index (χ1n) is 8.18. The molecule has 130 valence electrons. The maximum Gasteiger partial charge on any atom is 0.273 e. The molecular weight excluding hydrogens is 334 g/mol. The van der Waals surface area contributed by atoms with Gasteiger partial charge < -0.3 is 10.6 Å². The van der Waals surface area contributed by atoms with Gasteiger partial charge in [0.15, 0.2) is 5.69 Å². The third kappa shape index (κ3) is 5.23. The molecule has 2 heterocycles. The molecule has 0 aliphatic carbocycles. The van der Waals surface area contributed by atoms with Gasteiger partial charge in [0, 0.05) is 18.0 Å². The largest absolute Gasteiger partial charge is 0.346 e. The van der Waals surface area contributed by atoms with Crippen molar-refractivity contribution in [3.63, 3.8) is 0 Å². The number of hydrogen-bond acceptors (Lipinski definition) is 5. The SMILES string of the molecule is Cc1cccc(CNCCn2cc(C(=O)NCc3cccs3)nn2)c1. The molecule has 0 radical (unpaired) electrons. The van der Waals surface area contributed by atoms with Crippen LogP contribution in [0.3, 0.4) is 0 Å². The maximum atomic E-state index is 12.1. The lowest BCUT2D eigenvalue weighted by Gasteiger charge is -2.05. The quantitative estimate of drug-likeness (QED) is 0.609. The highest BCUT2D eigenvalue weighted by Gasteiger charge is 2.10. The lowest BCUT2D eigenvalue weighted by molar-refractivity contribution is 0.0946. The summed E-state index contributed by atoms with van der Waals surface area (Å²) in [4.78, 5) is 13.2. The Hall–Kier alpha value is -2.51. The van der Waals surface area contributed by atoms with Crippen molar-refractivity contribution in [3.05, 3.63) is 69.7 Å². The molecule has 2 aromatic heterocycles. The number of thiophene rings is 1. The molecule has 0 aliphatic rings. The molecule has 0 spiro atoms. The maximum absolute atomic E-state index is 12.1. The highest BCUT2D eigenvalue weighted by Crippen LogP contribution is 2.07. The Morgan fingerprint density at radius 2 is 2.16 bits per heavy atom. The van der Waals surface area contributed by atoms with Crippen molar-refractivity contribution in [2.24, 2.45) is 0 Å². The molecule has 25 heavy (non-hydrogen) atoms. The molecule has 0 unspecified atom stereocenters. The zero-order valence-electron chi connectivity index (χ0n) is 14.1. The summed E-state index contributed by atoms with van der Waals surface area (Å²) in [5.41, 5.74) is 2.86. The molecule has 6 nitrogen and oxygen atoms in total. The van der Waals surface area contributed by atoms with E-state index in [9.17, 15) is 4.79 Å². The van der Waals surface area contributed by atoms with Crippen molar-refractivity contribution in [2.45, 2.75) is 26.6 Å². The molecular formula is C18H21N5OS. The van der Waals surface area contributed by atoms with E-state index < -0.39 is 0 Å². The predicted molar refractivity (Wildman–Crippen MR) is 98.4 cm³/mol. The Morgan fingerprint density at radius 1 is 1.24 bits per heavy atom. The van der Waals surface area contributed by atoms with Crippen molar-refractivity contribution in [1.29, 1.82) is 0 Å². The Labute approximate surface area is 150 Å². The average molecular weight is 355 g/mol. The van der Waals surface area contributed by atoms with Crippen LogP contribution in [0.5, 0.6) is 0 Å². The van der Waals surface area contributed by atoms with Crippen LogP contribution in [0.25, 0.3) is 0 Å². The van der Waals surface area contributed by atoms with E-state index in [1.165, 1.54) is 11.1 Å². The van der Waals surface area contributed by atoms with E-state index in [0.29, 0.717) is 18.8 Å². The Bertz CT molecular complexity index is 813.